The number of hydrogen-bond donors (Lipinski definition) is 1. The molecule has 1 N–H and O–H groups in total. The van der Waals surface area contributed by atoms with Crippen molar-refractivity contribution >= 4 is 21.6 Å². The molecule has 0 radical (unpaired) electrons. The molecule has 1 fully saturated rings. The van der Waals surface area contributed by atoms with Crippen LogP contribution in [0.2, 0.25) is 0 Å². The number of carbonyl (C=O) groups is 1. The molecule has 1 aliphatic rings. The SMILES string of the molecule is Cc1ccc(NC(=O)c2ccc(-c3ccc(S(=O)(=O)N4CCCC4)cc3)cc2)c(C)c1. The zero-order valence-corrected chi connectivity index (χ0v) is 18.6. The molecule has 1 heterocycles. The number of sulfonamides is 1. The van der Waals surface area contributed by atoms with E-state index in [1.54, 1.807) is 28.6 Å². The van der Waals surface area contributed by atoms with E-state index in [1.807, 2.05) is 56.3 Å². The van der Waals surface area contributed by atoms with Crippen LogP contribution in [0.3, 0.4) is 0 Å². The lowest BCUT2D eigenvalue weighted by Crippen LogP contribution is -2.27. The molecular formula is C25H26N2O3S. The Balaban J connectivity index is 1.48. The van der Waals surface area contributed by atoms with Gasteiger partial charge >= 0.3 is 0 Å². The Kier molecular flexibility index (Phi) is 5.94. The molecular weight excluding hydrogens is 408 g/mol. The van der Waals surface area contributed by atoms with Crippen molar-refractivity contribution in [2.75, 3.05) is 18.4 Å². The van der Waals surface area contributed by atoms with Gasteiger partial charge < -0.3 is 5.32 Å². The molecule has 5 nitrogen and oxygen atoms in total. The fourth-order valence-corrected chi connectivity index (χ4v) is 5.38. The average Bonchev–Trinajstić information content (AvgIpc) is 3.32. The van der Waals surface area contributed by atoms with E-state index < -0.39 is 10.0 Å². The van der Waals surface area contributed by atoms with Gasteiger partial charge in [0.25, 0.3) is 5.91 Å². The minimum Gasteiger partial charge on any atom is -0.322 e. The molecule has 3 aromatic carbocycles. The van der Waals surface area contributed by atoms with Crippen LogP contribution in [0, 0.1) is 13.8 Å². The standard InChI is InChI=1S/C25H26N2O3S/c1-18-5-14-24(19(2)17-18)26-25(28)22-8-6-20(7-9-22)21-10-12-23(13-11-21)31(29,30)27-15-3-4-16-27/h5-14,17H,3-4,15-16H2,1-2H3,(H,26,28). The number of rotatable bonds is 5. The molecule has 6 heteroatoms. The van der Waals surface area contributed by atoms with Gasteiger partial charge in [-0.05, 0) is 73.7 Å². The van der Waals surface area contributed by atoms with Crippen molar-refractivity contribution in [3.63, 3.8) is 0 Å². The summed E-state index contributed by atoms with van der Waals surface area (Å²) < 4.78 is 26.9. The summed E-state index contributed by atoms with van der Waals surface area (Å²) in [5.41, 5.74) is 5.37. The van der Waals surface area contributed by atoms with Gasteiger partial charge in [0.2, 0.25) is 10.0 Å². The van der Waals surface area contributed by atoms with E-state index in [0.29, 0.717) is 23.5 Å². The van der Waals surface area contributed by atoms with Crippen molar-refractivity contribution in [3.05, 3.63) is 83.4 Å². The molecule has 0 aromatic heterocycles. The Hall–Kier alpha value is -2.96. The third-order valence-electron chi connectivity index (χ3n) is 5.67. The number of amides is 1. The van der Waals surface area contributed by atoms with E-state index in [4.69, 9.17) is 0 Å². The zero-order valence-electron chi connectivity index (χ0n) is 17.8. The molecule has 0 bridgehead atoms. The van der Waals surface area contributed by atoms with Crippen molar-refractivity contribution in [3.8, 4) is 11.1 Å². The third-order valence-corrected chi connectivity index (χ3v) is 7.58. The number of hydrogen-bond acceptors (Lipinski definition) is 3. The van der Waals surface area contributed by atoms with Crippen LogP contribution in [0.1, 0.15) is 34.3 Å². The van der Waals surface area contributed by atoms with Gasteiger partial charge in [-0.3, -0.25) is 4.79 Å². The fourth-order valence-electron chi connectivity index (χ4n) is 3.86. The second-order valence-corrected chi connectivity index (χ2v) is 9.92. The molecule has 1 aliphatic heterocycles. The predicted octanol–water partition coefficient (Wildman–Crippen LogP) is 5.01. The largest absolute Gasteiger partial charge is 0.322 e. The molecule has 0 aliphatic carbocycles. The molecule has 160 valence electrons. The van der Waals surface area contributed by atoms with Crippen LogP contribution < -0.4 is 5.32 Å². The predicted molar refractivity (Wildman–Crippen MR) is 124 cm³/mol. The van der Waals surface area contributed by atoms with Crippen molar-refractivity contribution in [2.24, 2.45) is 0 Å². The Morgan fingerprint density at radius 2 is 1.42 bits per heavy atom. The number of benzene rings is 3. The minimum absolute atomic E-state index is 0.162. The van der Waals surface area contributed by atoms with Gasteiger partial charge in [-0.2, -0.15) is 4.31 Å². The highest BCUT2D eigenvalue weighted by molar-refractivity contribution is 7.89. The maximum absolute atomic E-state index is 12.7. The van der Waals surface area contributed by atoms with E-state index >= 15 is 0 Å². The Morgan fingerprint density at radius 3 is 2.00 bits per heavy atom. The monoisotopic (exact) mass is 434 g/mol. The van der Waals surface area contributed by atoms with Crippen LogP contribution in [-0.4, -0.2) is 31.7 Å². The normalized spacial score (nSPS) is 14.5. The fraction of sp³-hybridized carbons (Fsp3) is 0.240. The molecule has 1 amide bonds. The van der Waals surface area contributed by atoms with Crippen LogP contribution >= 0.6 is 0 Å². The maximum Gasteiger partial charge on any atom is 0.255 e. The van der Waals surface area contributed by atoms with Gasteiger partial charge in [0, 0.05) is 24.3 Å². The smallest absolute Gasteiger partial charge is 0.255 e. The molecule has 4 rings (SSSR count). The third kappa shape index (κ3) is 4.55. The van der Waals surface area contributed by atoms with E-state index in [9.17, 15) is 13.2 Å². The van der Waals surface area contributed by atoms with Gasteiger partial charge in [0.1, 0.15) is 0 Å². The Morgan fingerprint density at radius 1 is 0.839 bits per heavy atom. The Bertz CT molecular complexity index is 1190. The molecule has 31 heavy (non-hydrogen) atoms. The number of nitrogens with one attached hydrogen (secondary N) is 1. The minimum atomic E-state index is -3.41. The first-order valence-corrected chi connectivity index (χ1v) is 11.9. The van der Waals surface area contributed by atoms with Gasteiger partial charge in [0.15, 0.2) is 0 Å². The molecule has 0 atom stereocenters. The van der Waals surface area contributed by atoms with Crippen LogP contribution in [0.25, 0.3) is 11.1 Å². The lowest BCUT2D eigenvalue weighted by atomic mass is 10.0. The van der Waals surface area contributed by atoms with Crippen LogP contribution in [0.4, 0.5) is 5.69 Å². The quantitative estimate of drug-likeness (QED) is 0.614. The lowest BCUT2D eigenvalue weighted by Gasteiger charge is -2.15. The van der Waals surface area contributed by atoms with Crippen LogP contribution in [0.15, 0.2) is 71.6 Å². The second kappa shape index (κ2) is 8.65. The van der Waals surface area contributed by atoms with Gasteiger partial charge in [-0.15, -0.1) is 0 Å². The van der Waals surface area contributed by atoms with Crippen LogP contribution in [0.5, 0.6) is 0 Å². The number of anilines is 1. The van der Waals surface area contributed by atoms with Gasteiger partial charge in [-0.25, -0.2) is 8.42 Å². The van der Waals surface area contributed by atoms with Crippen LogP contribution in [-0.2, 0) is 10.0 Å². The van der Waals surface area contributed by atoms with E-state index in [1.165, 1.54) is 0 Å². The number of nitrogens with zero attached hydrogens (tertiary/aromatic N) is 1. The highest BCUT2D eigenvalue weighted by Crippen LogP contribution is 2.25. The lowest BCUT2D eigenvalue weighted by molar-refractivity contribution is 0.102. The van der Waals surface area contributed by atoms with Crippen molar-refractivity contribution in [2.45, 2.75) is 31.6 Å². The second-order valence-electron chi connectivity index (χ2n) is 7.99. The molecule has 1 saturated heterocycles. The summed E-state index contributed by atoms with van der Waals surface area (Å²) in [4.78, 5) is 12.9. The summed E-state index contributed by atoms with van der Waals surface area (Å²) in [5.74, 6) is -0.162. The highest BCUT2D eigenvalue weighted by Gasteiger charge is 2.26. The highest BCUT2D eigenvalue weighted by atomic mass is 32.2. The summed E-state index contributed by atoms with van der Waals surface area (Å²) in [6.45, 7) is 5.18. The number of carbonyl (C=O) groups excluding carboxylic acids is 1. The van der Waals surface area contributed by atoms with E-state index in [2.05, 4.69) is 5.32 Å². The van der Waals surface area contributed by atoms with Crippen molar-refractivity contribution < 1.29 is 13.2 Å². The van der Waals surface area contributed by atoms with E-state index in [0.717, 1.165) is 40.8 Å². The molecule has 0 spiro atoms. The average molecular weight is 435 g/mol. The topological polar surface area (TPSA) is 66.5 Å². The van der Waals surface area contributed by atoms with Gasteiger partial charge in [-0.1, -0.05) is 42.0 Å². The summed E-state index contributed by atoms with van der Waals surface area (Å²) in [5, 5.41) is 2.95. The molecule has 3 aromatic rings. The summed E-state index contributed by atoms with van der Waals surface area (Å²) in [6, 6.07) is 20.2. The summed E-state index contributed by atoms with van der Waals surface area (Å²) >= 11 is 0. The zero-order chi connectivity index (χ0) is 22.0. The van der Waals surface area contributed by atoms with Crippen molar-refractivity contribution in [1.29, 1.82) is 0 Å². The number of aryl methyl sites for hydroxylation is 2. The Labute approximate surface area is 183 Å². The summed E-state index contributed by atoms with van der Waals surface area (Å²) in [6.07, 6.45) is 1.83. The first-order chi connectivity index (χ1) is 14.8. The maximum atomic E-state index is 12.7. The first kappa shape index (κ1) is 21.3. The van der Waals surface area contributed by atoms with Gasteiger partial charge in [0.05, 0.1) is 4.90 Å². The van der Waals surface area contributed by atoms with Crippen molar-refractivity contribution in [1.82, 2.24) is 4.31 Å². The first-order valence-electron chi connectivity index (χ1n) is 10.4. The molecule has 0 unspecified atom stereocenters. The summed E-state index contributed by atoms with van der Waals surface area (Å²) in [7, 11) is -3.41. The molecule has 0 saturated carbocycles. The van der Waals surface area contributed by atoms with E-state index in [-0.39, 0.29) is 5.91 Å².